The zero-order valence-corrected chi connectivity index (χ0v) is 14.0. The Hall–Kier alpha value is -2.68. The van der Waals surface area contributed by atoms with Crippen LogP contribution in [0.25, 0.3) is 5.70 Å². The number of amidine groups is 1. The average molecular weight is 307 g/mol. The Labute approximate surface area is 139 Å². The molecule has 0 heterocycles. The van der Waals surface area contributed by atoms with Crippen LogP contribution in [-0.2, 0) is 0 Å². The van der Waals surface area contributed by atoms with Crippen molar-refractivity contribution in [2.24, 2.45) is 4.99 Å². The van der Waals surface area contributed by atoms with Crippen LogP contribution in [0.3, 0.4) is 0 Å². The standard InChI is InChI=1S/C20H25N3/c1-5-11-17(7-3)20(22-15-16(4)21)23-19(12-6-2)18-13-9-8-10-14-18/h5,7-14,21H,1,3,6,15H2,2,4H3,(H,22,23)/b17-11+,19-12-,21-16?. The van der Waals surface area contributed by atoms with Gasteiger partial charge >= 0.3 is 0 Å². The second-order valence-corrected chi connectivity index (χ2v) is 5.02. The molecule has 120 valence electrons. The molecule has 0 atom stereocenters. The molecule has 0 amide bonds. The van der Waals surface area contributed by atoms with E-state index in [0.29, 0.717) is 18.1 Å². The van der Waals surface area contributed by atoms with E-state index in [1.165, 1.54) is 0 Å². The summed E-state index contributed by atoms with van der Waals surface area (Å²) in [6.07, 6.45) is 8.32. The lowest BCUT2D eigenvalue weighted by molar-refractivity contribution is 1.15. The van der Waals surface area contributed by atoms with E-state index in [0.717, 1.165) is 23.3 Å². The van der Waals surface area contributed by atoms with Crippen molar-refractivity contribution in [1.29, 1.82) is 5.41 Å². The van der Waals surface area contributed by atoms with Gasteiger partial charge in [0.2, 0.25) is 0 Å². The maximum atomic E-state index is 7.60. The van der Waals surface area contributed by atoms with Gasteiger partial charge < -0.3 is 10.7 Å². The van der Waals surface area contributed by atoms with Gasteiger partial charge in [-0.05, 0) is 18.9 Å². The van der Waals surface area contributed by atoms with Crippen LogP contribution >= 0.6 is 0 Å². The van der Waals surface area contributed by atoms with Crippen molar-refractivity contribution in [3.8, 4) is 0 Å². The highest BCUT2D eigenvalue weighted by Gasteiger charge is 2.08. The number of hydrogen-bond acceptors (Lipinski definition) is 2. The van der Waals surface area contributed by atoms with Crippen molar-refractivity contribution in [3.05, 3.63) is 78.9 Å². The summed E-state index contributed by atoms with van der Waals surface area (Å²) in [4.78, 5) is 4.51. The molecule has 0 bridgehead atoms. The number of allylic oxidation sites excluding steroid dienone is 3. The van der Waals surface area contributed by atoms with Crippen LogP contribution < -0.4 is 5.32 Å². The van der Waals surface area contributed by atoms with Gasteiger partial charge in [-0.15, -0.1) is 0 Å². The molecule has 3 heteroatoms. The molecule has 0 fully saturated rings. The first kappa shape index (κ1) is 18.4. The highest BCUT2D eigenvalue weighted by molar-refractivity contribution is 6.06. The van der Waals surface area contributed by atoms with Gasteiger partial charge in [-0.25, -0.2) is 0 Å². The minimum Gasteiger partial charge on any atom is -0.340 e. The number of rotatable bonds is 8. The second-order valence-electron chi connectivity index (χ2n) is 5.02. The predicted molar refractivity (Wildman–Crippen MR) is 102 cm³/mol. The zero-order valence-electron chi connectivity index (χ0n) is 14.0. The first-order valence-corrected chi connectivity index (χ1v) is 7.69. The van der Waals surface area contributed by atoms with Crippen LogP contribution in [-0.4, -0.2) is 18.1 Å². The molecule has 1 aromatic carbocycles. The van der Waals surface area contributed by atoms with E-state index < -0.39 is 0 Å². The fourth-order valence-electron chi connectivity index (χ4n) is 1.96. The summed E-state index contributed by atoms with van der Waals surface area (Å²) in [6, 6.07) is 10.1. The van der Waals surface area contributed by atoms with Gasteiger partial charge in [-0.1, -0.05) is 74.7 Å². The number of aliphatic imine (C=N–C) groups is 1. The predicted octanol–water partition coefficient (Wildman–Crippen LogP) is 4.76. The third kappa shape index (κ3) is 6.30. The van der Waals surface area contributed by atoms with E-state index in [9.17, 15) is 0 Å². The van der Waals surface area contributed by atoms with Gasteiger partial charge in [0.15, 0.2) is 0 Å². The maximum Gasteiger partial charge on any atom is 0.133 e. The Morgan fingerprint density at radius 2 is 1.96 bits per heavy atom. The van der Waals surface area contributed by atoms with Crippen molar-refractivity contribution in [2.75, 3.05) is 6.54 Å². The number of hydrogen-bond donors (Lipinski definition) is 2. The molecule has 0 aliphatic carbocycles. The molecule has 3 nitrogen and oxygen atoms in total. The average Bonchev–Trinajstić information content (AvgIpc) is 2.56. The summed E-state index contributed by atoms with van der Waals surface area (Å²) < 4.78 is 0. The van der Waals surface area contributed by atoms with Gasteiger partial charge in [-0.3, -0.25) is 4.99 Å². The summed E-state index contributed by atoms with van der Waals surface area (Å²) >= 11 is 0. The molecule has 0 aromatic heterocycles. The largest absolute Gasteiger partial charge is 0.340 e. The lowest BCUT2D eigenvalue weighted by Crippen LogP contribution is -2.24. The summed E-state index contributed by atoms with van der Waals surface area (Å²) in [5.74, 6) is 0.690. The lowest BCUT2D eigenvalue weighted by atomic mass is 10.1. The molecule has 1 rings (SSSR count). The fourth-order valence-corrected chi connectivity index (χ4v) is 1.96. The Bertz CT molecular complexity index is 634. The monoisotopic (exact) mass is 307 g/mol. The molecule has 0 spiro atoms. The molecule has 0 saturated heterocycles. The quantitative estimate of drug-likeness (QED) is 0.406. The first-order valence-electron chi connectivity index (χ1n) is 7.69. The molecule has 23 heavy (non-hydrogen) atoms. The number of benzene rings is 1. The Morgan fingerprint density at radius 1 is 1.26 bits per heavy atom. The molecular formula is C20H25N3. The Balaban J connectivity index is 3.20. The van der Waals surface area contributed by atoms with Crippen LogP contribution in [0.2, 0.25) is 0 Å². The smallest absolute Gasteiger partial charge is 0.133 e. The van der Waals surface area contributed by atoms with E-state index in [2.05, 4.69) is 48.6 Å². The van der Waals surface area contributed by atoms with Crippen molar-refractivity contribution in [1.82, 2.24) is 5.32 Å². The fraction of sp³-hybridized carbons (Fsp3) is 0.200. The van der Waals surface area contributed by atoms with Crippen LogP contribution in [0, 0.1) is 5.41 Å². The third-order valence-corrected chi connectivity index (χ3v) is 3.01. The van der Waals surface area contributed by atoms with Gasteiger partial charge in [-0.2, -0.15) is 0 Å². The molecule has 2 N–H and O–H groups in total. The van der Waals surface area contributed by atoms with Crippen LogP contribution in [0.1, 0.15) is 25.8 Å². The van der Waals surface area contributed by atoms with Crippen molar-refractivity contribution >= 4 is 17.2 Å². The van der Waals surface area contributed by atoms with Crippen LogP contribution in [0.4, 0.5) is 0 Å². The molecule has 0 aliphatic heterocycles. The third-order valence-electron chi connectivity index (χ3n) is 3.01. The summed E-state index contributed by atoms with van der Waals surface area (Å²) in [5, 5.41) is 11.0. The van der Waals surface area contributed by atoms with Gasteiger partial charge in [0, 0.05) is 17.0 Å². The zero-order chi connectivity index (χ0) is 17.1. The van der Waals surface area contributed by atoms with E-state index >= 15 is 0 Å². The molecule has 0 saturated carbocycles. The maximum absolute atomic E-state index is 7.60. The van der Waals surface area contributed by atoms with Gasteiger partial charge in [0.25, 0.3) is 0 Å². The van der Waals surface area contributed by atoms with Crippen molar-refractivity contribution in [2.45, 2.75) is 20.3 Å². The molecule has 0 radical (unpaired) electrons. The van der Waals surface area contributed by atoms with Gasteiger partial charge in [0.05, 0.1) is 6.54 Å². The SMILES string of the molecule is C=C/C=C(\C=C)C(=NCC(C)=N)N/C(=C\CC)c1ccccc1. The van der Waals surface area contributed by atoms with Crippen LogP contribution in [0.15, 0.2) is 78.4 Å². The Morgan fingerprint density at radius 3 is 2.48 bits per heavy atom. The molecule has 0 aliphatic rings. The van der Waals surface area contributed by atoms with Crippen molar-refractivity contribution < 1.29 is 0 Å². The molecule has 1 aromatic rings. The summed E-state index contributed by atoms with van der Waals surface area (Å²) in [5.41, 5.74) is 3.44. The summed E-state index contributed by atoms with van der Waals surface area (Å²) in [6.45, 7) is 11.8. The van der Waals surface area contributed by atoms with Crippen molar-refractivity contribution in [3.63, 3.8) is 0 Å². The topological polar surface area (TPSA) is 48.2 Å². The number of nitrogens with zero attached hydrogens (tertiary/aromatic N) is 1. The second kappa shape index (κ2) is 10.1. The van der Waals surface area contributed by atoms with E-state index in [1.54, 1.807) is 19.1 Å². The highest BCUT2D eigenvalue weighted by Crippen LogP contribution is 2.13. The van der Waals surface area contributed by atoms with Gasteiger partial charge in [0.1, 0.15) is 5.84 Å². The summed E-state index contributed by atoms with van der Waals surface area (Å²) in [7, 11) is 0. The van der Waals surface area contributed by atoms with E-state index in [-0.39, 0.29) is 0 Å². The first-order chi connectivity index (χ1) is 11.1. The number of nitrogens with one attached hydrogen (secondary N) is 2. The molecule has 0 unspecified atom stereocenters. The molecular weight excluding hydrogens is 282 g/mol. The minimum atomic E-state index is 0.346. The lowest BCUT2D eigenvalue weighted by Gasteiger charge is -2.15. The van der Waals surface area contributed by atoms with E-state index in [1.807, 2.05) is 24.3 Å². The minimum absolute atomic E-state index is 0.346. The normalized spacial score (nSPS) is 12.7. The van der Waals surface area contributed by atoms with Crippen LogP contribution in [0.5, 0.6) is 0 Å². The Kier molecular flexibility index (Phi) is 8.08. The van der Waals surface area contributed by atoms with E-state index in [4.69, 9.17) is 5.41 Å². The highest BCUT2D eigenvalue weighted by atomic mass is 15.0.